The van der Waals surface area contributed by atoms with Crippen LogP contribution < -0.4 is 5.32 Å². The van der Waals surface area contributed by atoms with E-state index in [1.54, 1.807) is 7.05 Å². The summed E-state index contributed by atoms with van der Waals surface area (Å²) in [6.07, 6.45) is 1.13. The van der Waals surface area contributed by atoms with Gasteiger partial charge in [0.05, 0.1) is 12.2 Å². The van der Waals surface area contributed by atoms with E-state index in [1.165, 1.54) is 0 Å². The van der Waals surface area contributed by atoms with Gasteiger partial charge in [-0.25, -0.2) is 9.50 Å². The fourth-order valence-corrected chi connectivity index (χ4v) is 3.63. The summed E-state index contributed by atoms with van der Waals surface area (Å²) in [5.74, 6) is 0.169. The summed E-state index contributed by atoms with van der Waals surface area (Å²) < 4.78 is 1.86. The molecule has 0 atom stereocenters. The standard InChI is InChI=1S/C19H28N6O2/c1-13-11-17-21-14(2)16(15(3)25(17)22-13)5-6-19(27)24-9-7-23(8-10-24)12-18(26)20-4/h11H,5-10,12H2,1-4H3,(H,20,26). The molecule has 0 aliphatic carbocycles. The van der Waals surface area contributed by atoms with Crippen LogP contribution in [-0.4, -0.2) is 76.0 Å². The van der Waals surface area contributed by atoms with Gasteiger partial charge in [-0.05, 0) is 32.8 Å². The van der Waals surface area contributed by atoms with E-state index in [9.17, 15) is 9.59 Å². The first-order chi connectivity index (χ1) is 12.9. The Labute approximate surface area is 159 Å². The Morgan fingerprint density at radius 2 is 1.85 bits per heavy atom. The third kappa shape index (κ3) is 4.27. The van der Waals surface area contributed by atoms with Crippen molar-refractivity contribution in [1.82, 2.24) is 29.7 Å². The van der Waals surface area contributed by atoms with Crippen molar-refractivity contribution >= 4 is 17.5 Å². The van der Waals surface area contributed by atoms with E-state index in [0.717, 1.165) is 41.4 Å². The van der Waals surface area contributed by atoms with Crippen LogP contribution in [0.4, 0.5) is 0 Å². The summed E-state index contributed by atoms with van der Waals surface area (Å²) in [6, 6.07) is 1.97. The highest BCUT2D eigenvalue weighted by Gasteiger charge is 2.22. The molecule has 0 bridgehead atoms. The highest BCUT2D eigenvalue weighted by Crippen LogP contribution is 2.17. The molecule has 0 radical (unpaired) electrons. The summed E-state index contributed by atoms with van der Waals surface area (Å²) in [7, 11) is 1.64. The molecule has 1 saturated heterocycles. The van der Waals surface area contributed by atoms with Crippen molar-refractivity contribution < 1.29 is 9.59 Å². The number of aromatic nitrogens is 3. The van der Waals surface area contributed by atoms with Crippen molar-refractivity contribution in [1.29, 1.82) is 0 Å². The normalized spacial score (nSPS) is 15.3. The molecule has 2 aromatic rings. The van der Waals surface area contributed by atoms with Crippen LogP contribution in [0.2, 0.25) is 0 Å². The van der Waals surface area contributed by atoms with Crippen molar-refractivity contribution in [2.75, 3.05) is 39.8 Å². The fourth-order valence-electron chi connectivity index (χ4n) is 3.63. The van der Waals surface area contributed by atoms with Crippen LogP contribution in [0.25, 0.3) is 5.65 Å². The van der Waals surface area contributed by atoms with Crippen molar-refractivity contribution in [3.63, 3.8) is 0 Å². The topological polar surface area (TPSA) is 82.8 Å². The first-order valence-corrected chi connectivity index (χ1v) is 9.42. The predicted molar refractivity (Wildman–Crippen MR) is 103 cm³/mol. The molecule has 146 valence electrons. The minimum Gasteiger partial charge on any atom is -0.358 e. The van der Waals surface area contributed by atoms with Crippen molar-refractivity contribution in [3.8, 4) is 0 Å². The number of rotatable bonds is 5. The number of nitrogens with one attached hydrogen (secondary N) is 1. The van der Waals surface area contributed by atoms with E-state index in [4.69, 9.17) is 0 Å². The van der Waals surface area contributed by atoms with Crippen LogP contribution >= 0.6 is 0 Å². The van der Waals surface area contributed by atoms with E-state index in [1.807, 2.05) is 36.3 Å². The number of aryl methyl sites for hydroxylation is 3. The molecule has 1 N–H and O–H groups in total. The second-order valence-corrected chi connectivity index (χ2v) is 7.15. The molecular formula is C19H28N6O2. The van der Waals surface area contributed by atoms with E-state index in [2.05, 4.69) is 20.3 Å². The molecule has 0 saturated carbocycles. The Morgan fingerprint density at radius 1 is 1.15 bits per heavy atom. The van der Waals surface area contributed by atoms with Gasteiger partial charge < -0.3 is 10.2 Å². The summed E-state index contributed by atoms with van der Waals surface area (Å²) in [5.41, 5.74) is 4.90. The van der Waals surface area contributed by atoms with Gasteiger partial charge in [-0.15, -0.1) is 0 Å². The first kappa shape index (κ1) is 19.3. The van der Waals surface area contributed by atoms with E-state index in [0.29, 0.717) is 32.5 Å². The lowest BCUT2D eigenvalue weighted by molar-refractivity contribution is -0.133. The van der Waals surface area contributed by atoms with Crippen LogP contribution in [0.3, 0.4) is 0 Å². The second kappa shape index (κ2) is 8.04. The minimum absolute atomic E-state index is 0.0116. The summed E-state index contributed by atoms with van der Waals surface area (Å²) >= 11 is 0. The number of nitrogens with zero attached hydrogens (tertiary/aromatic N) is 5. The molecule has 0 aromatic carbocycles. The molecule has 1 aliphatic rings. The van der Waals surface area contributed by atoms with Gasteiger partial charge in [-0.1, -0.05) is 0 Å². The lowest BCUT2D eigenvalue weighted by atomic mass is 10.1. The molecule has 3 heterocycles. The number of carbonyl (C=O) groups is 2. The molecule has 27 heavy (non-hydrogen) atoms. The number of amides is 2. The van der Waals surface area contributed by atoms with Gasteiger partial charge in [0.25, 0.3) is 0 Å². The maximum Gasteiger partial charge on any atom is 0.233 e. The third-order valence-corrected chi connectivity index (χ3v) is 5.25. The molecular weight excluding hydrogens is 344 g/mol. The number of fused-ring (bicyclic) bond motifs is 1. The van der Waals surface area contributed by atoms with Gasteiger partial charge in [0.2, 0.25) is 11.8 Å². The Kier molecular flexibility index (Phi) is 5.74. The quantitative estimate of drug-likeness (QED) is 0.825. The predicted octanol–water partition coefficient (Wildman–Crippen LogP) is 0.477. The lowest BCUT2D eigenvalue weighted by Gasteiger charge is -2.34. The zero-order valence-corrected chi connectivity index (χ0v) is 16.6. The van der Waals surface area contributed by atoms with E-state index < -0.39 is 0 Å². The smallest absolute Gasteiger partial charge is 0.233 e. The lowest BCUT2D eigenvalue weighted by Crippen LogP contribution is -2.50. The van der Waals surface area contributed by atoms with E-state index in [-0.39, 0.29) is 11.8 Å². The summed E-state index contributed by atoms with van der Waals surface area (Å²) in [6.45, 7) is 9.18. The number of likely N-dealkylation sites (N-methyl/N-ethyl adjacent to an activating group) is 1. The van der Waals surface area contributed by atoms with Crippen molar-refractivity contribution in [2.45, 2.75) is 33.6 Å². The van der Waals surface area contributed by atoms with Crippen LogP contribution in [0.5, 0.6) is 0 Å². The molecule has 1 fully saturated rings. The Bertz CT molecular complexity index is 851. The van der Waals surface area contributed by atoms with Gasteiger partial charge in [0.1, 0.15) is 0 Å². The SMILES string of the molecule is CNC(=O)CN1CCN(C(=O)CCc2c(C)nc3cc(C)nn3c2C)CC1. The largest absolute Gasteiger partial charge is 0.358 e. The van der Waals surface area contributed by atoms with Crippen molar-refractivity contribution in [2.24, 2.45) is 0 Å². The number of piperazine rings is 1. The molecule has 3 rings (SSSR count). The zero-order chi connectivity index (χ0) is 19.6. The third-order valence-electron chi connectivity index (χ3n) is 5.25. The van der Waals surface area contributed by atoms with Crippen molar-refractivity contribution in [3.05, 3.63) is 28.7 Å². The van der Waals surface area contributed by atoms with Crippen LogP contribution in [0.15, 0.2) is 6.07 Å². The Morgan fingerprint density at radius 3 is 2.52 bits per heavy atom. The number of hydrogen-bond donors (Lipinski definition) is 1. The maximum absolute atomic E-state index is 12.6. The van der Waals surface area contributed by atoms with Crippen LogP contribution in [0, 0.1) is 20.8 Å². The monoisotopic (exact) mass is 372 g/mol. The molecule has 2 amide bonds. The van der Waals surface area contributed by atoms with Gasteiger partial charge >= 0.3 is 0 Å². The summed E-state index contributed by atoms with van der Waals surface area (Å²) in [5, 5.41) is 7.13. The van der Waals surface area contributed by atoms with Gasteiger partial charge in [-0.3, -0.25) is 14.5 Å². The van der Waals surface area contributed by atoms with Crippen LogP contribution in [0.1, 0.15) is 29.1 Å². The zero-order valence-electron chi connectivity index (χ0n) is 16.6. The minimum atomic E-state index is 0.0116. The van der Waals surface area contributed by atoms with Gasteiger partial charge in [-0.2, -0.15) is 5.10 Å². The molecule has 0 unspecified atom stereocenters. The molecule has 1 aliphatic heterocycles. The molecule has 2 aromatic heterocycles. The first-order valence-electron chi connectivity index (χ1n) is 9.42. The molecule has 0 spiro atoms. The van der Waals surface area contributed by atoms with Gasteiger partial charge in [0.15, 0.2) is 5.65 Å². The highest BCUT2D eigenvalue weighted by atomic mass is 16.2. The van der Waals surface area contributed by atoms with Crippen LogP contribution in [-0.2, 0) is 16.0 Å². The van der Waals surface area contributed by atoms with E-state index >= 15 is 0 Å². The number of carbonyl (C=O) groups excluding carboxylic acids is 2. The summed E-state index contributed by atoms with van der Waals surface area (Å²) in [4.78, 5) is 32.7. The van der Waals surface area contributed by atoms with Gasteiger partial charge in [0, 0.05) is 57.1 Å². The molecule has 8 heteroatoms. The Balaban J connectivity index is 1.58. The molecule has 8 nitrogen and oxygen atoms in total. The second-order valence-electron chi connectivity index (χ2n) is 7.15. The number of hydrogen-bond acceptors (Lipinski definition) is 5. The average Bonchev–Trinajstić information content (AvgIpc) is 3.02. The average molecular weight is 372 g/mol. The highest BCUT2D eigenvalue weighted by molar-refractivity contribution is 5.78. The maximum atomic E-state index is 12.6. The Hall–Kier alpha value is -2.48. The fraction of sp³-hybridized carbons (Fsp3) is 0.579.